The molecule has 1 heterocycles. The minimum atomic E-state index is -4.27. The first kappa shape index (κ1) is 23.8. The third-order valence-corrected chi connectivity index (χ3v) is 7.82. The minimum absolute atomic E-state index is 0.0587. The summed E-state index contributed by atoms with van der Waals surface area (Å²) in [5.41, 5.74) is 2.57. The van der Waals surface area contributed by atoms with E-state index in [9.17, 15) is 18.0 Å². The van der Waals surface area contributed by atoms with Crippen LogP contribution in [0.15, 0.2) is 58.8 Å². The van der Waals surface area contributed by atoms with Crippen LogP contribution in [0.4, 0.5) is 11.4 Å². The van der Waals surface area contributed by atoms with Crippen molar-refractivity contribution in [3.8, 4) is 0 Å². The molecule has 3 rings (SSSR count). The van der Waals surface area contributed by atoms with E-state index in [0.717, 1.165) is 26.8 Å². The minimum Gasteiger partial charge on any atom is -0.465 e. The number of sulfonamides is 1. The molecule has 1 N–H and O–H groups in total. The highest BCUT2D eigenvalue weighted by Crippen LogP contribution is 2.30. The van der Waals surface area contributed by atoms with E-state index in [4.69, 9.17) is 16.3 Å². The number of benzene rings is 2. The lowest BCUT2D eigenvalue weighted by Crippen LogP contribution is -2.38. The fourth-order valence-corrected chi connectivity index (χ4v) is 5.87. The van der Waals surface area contributed by atoms with Gasteiger partial charge in [-0.1, -0.05) is 23.7 Å². The number of hydrogen-bond acceptors (Lipinski definition) is 6. The van der Waals surface area contributed by atoms with Gasteiger partial charge in [-0.05, 0) is 66.8 Å². The number of esters is 1. The predicted octanol–water partition coefficient (Wildman–Crippen LogP) is 4.64. The van der Waals surface area contributed by atoms with Gasteiger partial charge in [0.15, 0.2) is 0 Å². The molecule has 0 saturated carbocycles. The molecule has 0 fully saturated rings. The Balaban J connectivity index is 2.02. The normalized spacial score (nSPS) is 11.1. The van der Waals surface area contributed by atoms with Gasteiger partial charge in [-0.3, -0.25) is 9.10 Å². The summed E-state index contributed by atoms with van der Waals surface area (Å²) in [7, 11) is -3.09. The number of ether oxygens (including phenoxy) is 1. The van der Waals surface area contributed by atoms with Crippen LogP contribution in [0, 0.1) is 13.8 Å². The summed E-state index contributed by atoms with van der Waals surface area (Å²) in [6, 6.07) is 12.9. The zero-order chi connectivity index (χ0) is 23.5. The fraction of sp³-hybridized carbons (Fsp3) is 0.182. The second-order valence-electron chi connectivity index (χ2n) is 6.94. The summed E-state index contributed by atoms with van der Waals surface area (Å²) in [4.78, 5) is 24.6. The van der Waals surface area contributed by atoms with Crippen molar-refractivity contribution in [3.05, 3.63) is 74.9 Å². The molecule has 2 aromatic carbocycles. The lowest BCUT2D eigenvalue weighted by atomic mass is 10.1. The topological polar surface area (TPSA) is 92.8 Å². The Morgan fingerprint density at radius 3 is 2.50 bits per heavy atom. The molecule has 7 nitrogen and oxygen atoms in total. The van der Waals surface area contributed by atoms with Crippen LogP contribution in [0.25, 0.3) is 0 Å². The van der Waals surface area contributed by atoms with Gasteiger partial charge in [0.25, 0.3) is 10.0 Å². The van der Waals surface area contributed by atoms with Crippen molar-refractivity contribution in [2.45, 2.75) is 18.7 Å². The lowest BCUT2D eigenvalue weighted by Gasteiger charge is -2.24. The summed E-state index contributed by atoms with van der Waals surface area (Å²) in [6.45, 7) is 3.24. The van der Waals surface area contributed by atoms with Crippen LogP contribution in [-0.2, 0) is 19.6 Å². The molecule has 0 atom stereocenters. The van der Waals surface area contributed by atoms with E-state index in [0.29, 0.717) is 16.4 Å². The molecule has 3 aromatic rings. The van der Waals surface area contributed by atoms with Crippen LogP contribution < -0.4 is 9.62 Å². The van der Waals surface area contributed by atoms with Crippen molar-refractivity contribution in [2.24, 2.45) is 0 Å². The first-order chi connectivity index (χ1) is 15.1. The van der Waals surface area contributed by atoms with Crippen LogP contribution in [0.1, 0.15) is 20.8 Å². The van der Waals surface area contributed by atoms with E-state index in [1.807, 2.05) is 13.8 Å². The Morgan fingerprint density at radius 1 is 1.09 bits per heavy atom. The first-order valence-corrected chi connectivity index (χ1v) is 12.1. The zero-order valence-corrected chi connectivity index (χ0v) is 20.0. The number of carbonyl (C=O) groups excluding carboxylic acids is 2. The van der Waals surface area contributed by atoms with Crippen LogP contribution in [-0.4, -0.2) is 33.9 Å². The molecule has 0 radical (unpaired) electrons. The molecule has 10 heteroatoms. The molecule has 0 unspecified atom stereocenters. The zero-order valence-electron chi connectivity index (χ0n) is 17.6. The van der Waals surface area contributed by atoms with E-state index in [1.165, 1.54) is 18.6 Å². The number of nitrogens with zero attached hydrogens (tertiary/aromatic N) is 1. The quantitative estimate of drug-likeness (QED) is 0.485. The summed E-state index contributed by atoms with van der Waals surface area (Å²) in [6.07, 6.45) is 0. The van der Waals surface area contributed by atoms with Crippen LogP contribution >= 0.6 is 22.9 Å². The fourth-order valence-electron chi connectivity index (χ4n) is 2.95. The molecule has 0 aliphatic rings. The number of halogens is 1. The lowest BCUT2D eigenvalue weighted by molar-refractivity contribution is -0.114. The van der Waals surface area contributed by atoms with E-state index >= 15 is 0 Å². The number of anilines is 2. The van der Waals surface area contributed by atoms with E-state index < -0.39 is 28.4 Å². The van der Waals surface area contributed by atoms with Crippen LogP contribution in [0.5, 0.6) is 0 Å². The first-order valence-electron chi connectivity index (χ1n) is 9.44. The molecule has 0 bridgehead atoms. The third-order valence-electron chi connectivity index (χ3n) is 4.74. The maximum Gasteiger partial charge on any atom is 0.349 e. The monoisotopic (exact) mass is 492 g/mol. The second-order valence-corrected chi connectivity index (χ2v) is 10.1. The summed E-state index contributed by atoms with van der Waals surface area (Å²) < 4.78 is 32.9. The summed E-state index contributed by atoms with van der Waals surface area (Å²) in [5, 5.41) is 4.58. The smallest absolute Gasteiger partial charge is 0.349 e. The predicted molar refractivity (Wildman–Crippen MR) is 126 cm³/mol. The van der Waals surface area contributed by atoms with Crippen LogP contribution in [0.3, 0.4) is 0 Å². The van der Waals surface area contributed by atoms with E-state index in [1.54, 1.807) is 42.5 Å². The number of carbonyl (C=O) groups is 2. The van der Waals surface area contributed by atoms with Crippen molar-refractivity contribution in [1.82, 2.24) is 0 Å². The molecule has 0 aliphatic heterocycles. The number of amides is 1. The molecule has 0 saturated heterocycles. The van der Waals surface area contributed by atoms with Crippen molar-refractivity contribution in [1.29, 1.82) is 0 Å². The van der Waals surface area contributed by atoms with Crippen LogP contribution in [0.2, 0.25) is 5.02 Å². The van der Waals surface area contributed by atoms with Crippen molar-refractivity contribution < 1.29 is 22.7 Å². The van der Waals surface area contributed by atoms with Gasteiger partial charge in [-0.15, -0.1) is 11.3 Å². The second kappa shape index (κ2) is 9.72. The average molecular weight is 493 g/mol. The Kier molecular flexibility index (Phi) is 7.22. The summed E-state index contributed by atoms with van der Waals surface area (Å²) >= 11 is 6.92. The number of hydrogen-bond donors (Lipinski definition) is 1. The van der Waals surface area contributed by atoms with Gasteiger partial charge in [0.2, 0.25) is 5.91 Å². The standard InChI is InChI=1S/C22H21ClN2O5S2/c1-14-7-8-18(11-15(14)2)25(13-20(26)24-17-6-4-5-16(23)12-17)32(28,29)19-9-10-31-21(19)22(27)30-3/h4-12H,13H2,1-3H3,(H,24,26). The third kappa shape index (κ3) is 5.12. The van der Waals surface area contributed by atoms with E-state index in [2.05, 4.69) is 5.32 Å². The summed E-state index contributed by atoms with van der Waals surface area (Å²) in [5.74, 6) is -1.33. The highest BCUT2D eigenvalue weighted by Gasteiger charge is 2.32. The molecular formula is C22H21ClN2O5S2. The Hall–Kier alpha value is -2.88. The molecule has 1 amide bonds. The molecule has 32 heavy (non-hydrogen) atoms. The van der Waals surface area contributed by atoms with Gasteiger partial charge >= 0.3 is 5.97 Å². The number of thiophene rings is 1. The van der Waals surface area contributed by atoms with Gasteiger partial charge in [-0.2, -0.15) is 0 Å². The molecule has 0 aliphatic carbocycles. The SMILES string of the molecule is COC(=O)c1sccc1S(=O)(=O)N(CC(=O)Nc1cccc(Cl)c1)c1ccc(C)c(C)c1. The van der Waals surface area contributed by atoms with Gasteiger partial charge < -0.3 is 10.1 Å². The average Bonchev–Trinajstić information content (AvgIpc) is 3.24. The Bertz CT molecular complexity index is 1270. The maximum atomic E-state index is 13.6. The van der Waals surface area contributed by atoms with E-state index in [-0.39, 0.29) is 9.77 Å². The van der Waals surface area contributed by atoms with Crippen molar-refractivity contribution in [2.75, 3.05) is 23.3 Å². The van der Waals surface area contributed by atoms with Gasteiger partial charge in [0, 0.05) is 10.7 Å². The molecule has 1 aromatic heterocycles. The molecule has 168 valence electrons. The number of nitrogens with one attached hydrogen (secondary N) is 1. The molecular weight excluding hydrogens is 472 g/mol. The Morgan fingerprint density at radius 2 is 1.84 bits per heavy atom. The van der Waals surface area contributed by atoms with Gasteiger partial charge in [0.1, 0.15) is 16.3 Å². The van der Waals surface area contributed by atoms with Crippen molar-refractivity contribution in [3.63, 3.8) is 0 Å². The molecule has 0 spiro atoms. The largest absolute Gasteiger partial charge is 0.465 e. The number of aryl methyl sites for hydroxylation is 2. The number of methoxy groups -OCH3 is 1. The van der Waals surface area contributed by atoms with Gasteiger partial charge in [-0.25, -0.2) is 13.2 Å². The Labute approximate surface area is 195 Å². The highest BCUT2D eigenvalue weighted by molar-refractivity contribution is 7.93. The van der Waals surface area contributed by atoms with Crippen molar-refractivity contribution >= 4 is 56.2 Å². The maximum absolute atomic E-state index is 13.6. The highest BCUT2D eigenvalue weighted by atomic mass is 35.5. The number of rotatable bonds is 7. The van der Waals surface area contributed by atoms with Gasteiger partial charge in [0.05, 0.1) is 12.8 Å².